The Labute approximate surface area is 218 Å². The van der Waals surface area contributed by atoms with Crippen molar-refractivity contribution in [2.45, 2.75) is 72.0 Å². The topological polar surface area (TPSA) is 129 Å². The molecule has 4 rings (SSSR count). The van der Waals surface area contributed by atoms with Crippen molar-refractivity contribution in [1.82, 2.24) is 25.7 Å². The number of hydroxylamine groups is 2. The van der Waals surface area contributed by atoms with Crippen LogP contribution in [0, 0.1) is 17.3 Å². The predicted molar refractivity (Wildman–Crippen MR) is 137 cm³/mol. The summed E-state index contributed by atoms with van der Waals surface area (Å²) in [7, 11) is 0. The number of carbonyl (C=O) groups excluding carboxylic acids is 2. The fourth-order valence-corrected chi connectivity index (χ4v) is 5.14. The zero-order valence-electron chi connectivity index (χ0n) is 22.0. The summed E-state index contributed by atoms with van der Waals surface area (Å²) in [4.78, 5) is 32.4. The second kappa shape index (κ2) is 12.0. The summed E-state index contributed by atoms with van der Waals surface area (Å²) in [6, 6.07) is 5.52. The molecular formula is C27H39N5O5. The third-order valence-electron chi connectivity index (χ3n) is 7.15. The van der Waals surface area contributed by atoms with Crippen LogP contribution in [0.4, 0.5) is 0 Å². The Morgan fingerprint density at radius 3 is 2.73 bits per heavy atom. The zero-order chi connectivity index (χ0) is 26.4. The summed E-state index contributed by atoms with van der Waals surface area (Å²) in [5.41, 5.74) is 1.68. The van der Waals surface area contributed by atoms with E-state index in [4.69, 9.17) is 9.47 Å². The number of aromatic amines is 1. The number of hydrogen-bond donors (Lipinski definition) is 4. The molecule has 1 aromatic carbocycles. The number of aromatic nitrogens is 2. The SMILES string of the molecule is CC(C)(C)[C@H](NC(=O)[C@H](CC1CCCC1)CN(O)C=O)c1ncc(CNCc2ccc3c(c2)OCO3)[nH]1. The highest BCUT2D eigenvalue weighted by Gasteiger charge is 2.34. The van der Waals surface area contributed by atoms with Gasteiger partial charge in [0.15, 0.2) is 11.5 Å². The number of carbonyl (C=O) groups is 2. The Balaban J connectivity index is 1.38. The van der Waals surface area contributed by atoms with Gasteiger partial charge in [0.05, 0.1) is 18.5 Å². The number of nitrogens with one attached hydrogen (secondary N) is 3. The molecule has 2 heterocycles. The first-order valence-corrected chi connectivity index (χ1v) is 13.1. The molecule has 1 saturated carbocycles. The Hall–Kier alpha value is -3.11. The molecular weight excluding hydrogens is 474 g/mol. The van der Waals surface area contributed by atoms with Crippen molar-refractivity contribution in [3.63, 3.8) is 0 Å². The van der Waals surface area contributed by atoms with Gasteiger partial charge in [-0.15, -0.1) is 0 Å². The summed E-state index contributed by atoms with van der Waals surface area (Å²) >= 11 is 0. The van der Waals surface area contributed by atoms with Crippen molar-refractivity contribution in [3.8, 4) is 11.5 Å². The molecule has 1 aliphatic heterocycles. The van der Waals surface area contributed by atoms with Gasteiger partial charge in [0.25, 0.3) is 0 Å². The van der Waals surface area contributed by atoms with Crippen LogP contribution in [0.15, 0.2) is 24.4 Å². The number of nitrogens with zero attached hydrogens (tertiary/aromatic N) is 2. The highest BCUT2D eigenvalue weighted by molar-refractivity contribution is 5.79. The van der Waals surface area contributed by atoms with Crippen molar-refractivity contribution < 1.29 is 24.3 Å². The monoisotopic (exact) mass is 513 g/mol. The van der Waals surface area contributed by atoms with Crippen LogP contribution in [0.25, 0.3) is 0 Å². The van der Waals surface area contributed by atoms with Crippen LogP contribution in [0.1, 0.15) is 76.0 Å². The summed E-state index contributed by atoms with van der Waals surface area (Å²) in [5, 5.41) is 17.0. The summed E-state index contributed by atoms with van der Waals surface area (Å²) in [6.45, 7) is 7.62. The molecule has 10 nitrogen and oxygen atoms in total. The van der Waals surface area contributed by atoms with Crippen LogP contribution in [-0.4, -0.2) is 45.9 Å². The number of imidazole rings is 1. The maximum atomic E-state index is 13.4. The molecule has 1 fully saturated rings. The van der Waals surface area contributed by atoms with Crippen molar-refractivity contribution in [2.24, 2.45) is 17.3 Å². The van der Waals surface area contributed by atoms with E-state index in [0.717, 1.165) is 48.4 Å². The van der Waals surface area contributed by atoms with Gasteiger partial charge in [0.2, 0.25) is 19.1 Å². The first kappa shape index (κ1) is 26.9. The molecule has 0 spiro atoms. The molecule has 0 unspecified atom stereocenters. The van der Waals surface area contributed by atoms with Gasteiger partial charge >= 0.3 is 0 Å². The molecule has 202 valence electrons. The largest absolute Gasteiger partial charge is 0.454 e. The molecule has 0 saturated heterocycles. The van der Waals surface area contributed by atoms with Gasteiger partial charge in [-0.1, -0.05) is 52.5 Å². The van der Waals surface area contributed by atoms with E-state index in [2.05, 4.69) is 20.6 Å². The zero-order valence-corrected chi connectivity index (χ0v) is 22.0. The summed E-state index contributed by atoms with van der Waals surface area (Å²) < 4.78 is 10.8. The first-order chi connectivity index (χ1) is 17.7. The number of fused-ring (bicyclic) bond motifs is 1. The number of H-pyrrole nitrogens is 1. The smallest absolute Gasteiger partial charge is 0.233 e. The fraction of sp³-hybridized carbons (Fsp3) is 0.593. The van der Waals surface area contributed by atoms with Crippen LogP contribution in [0.3, 0.4) is 0 Å². The maximum absolute atomic E-state index is 13.4. The highest BCUT2D eigenvalue weighted by Crippen LogP contribution is 2.34. The summed E-state index contributed by atoms with van der Waals surface area (Å²) in [6.07, 6.45) is 7.28. The number of rotatable bonds is 12. The lowest BCUT2D eigenvalue weighted by atomic mass is 9.85. The predicted octanol–water partition coefficient (Wildman–Crippen LogP) is 3.68. The quantitative estimate of drug-likeness (QED) is 0.194. The molecule has 2 aromatic rings. The van der Waals surface area contributed by atoms with Crippen molar-refractivity contribution in [3.05, 3.63) is 41.5 Å². The third-order valence-corrected chi connectivity index (χ3v) is 7.15. The number of ether oxygens (including phenoxy) is 2. The summed E-state index contributed by atoms with van der Waals surface area (Å²) in [5.74, 6) is 1.98. The first-order valence-electron chi connectivity index (χ1n) is 13.1. The van der Waals surface area contributed by atoms with Crippen LogP contribution in [0.2, 0.25) is 0 Å². The third kappa shape index (κ3) is 7.23. The van der Waals surface area contributed by atoms with Crippen LogP contribution in [0.5, 0.6) is 11.5 Å². The molecule has 0 radical (unpaired) electrons. The van der Waals surface area contributed by atoms with E-state index in [1.54, 1.807) is 6.20 Å². The van der Waals surface area contributed by atoms with Crippen LogP contribution < -0.4 is 20.1 Å². The molecule has 10 heteroatoms. The number of amides is 2. The van der Waals surface area contributed by atoms with E-state index in [1.807, 2.05) is 39.0 Å². The molecule has 37 heavy (non-hydrogen) atoms. The molecule has 2 aliphatic rings. The standard InChI is InChI=1S/C27H39N5O5/c1-27(2,3)24(31-26(34)20(15-32(35)16-33)10-18-6-4-5-7-18)25-29-14-21(30-25)13-28-12-19-8-9-22-23(11-19)37-17-36-22/h8-9,11,14,16,18,20,24,28,35H,4-7,10,12-13,15,17H2,1-3H3,(H,29,30)(H,31,34)/t20-,24-/m1/s1. The number of benzene rings is 1. The van der Waals surface area contributed by atoms with Gasteiger partial charge in [0.1, 0.15) is 5.82 Å². The average molecular weight is 514 g/mol. The second-order valence-corrected chi connectivity index (χ2v) is 11.2. The molecule has 1 aromatic heterocycles. The normalized spacial score (nSPS) is 17.0. The Kier molecular flexibility index (Phi) is 8.71. The van der Waals surface area contributed by atoms with Gasteiger partial charge in [-0.3, -0.25) is 14.8 Å². The molecule has 4 N–H and O–H groups in total. The molecule has 2 atom stereocenters. The Bertz CT molecular complexity index is 1060. The van der Waals surface area contributed by atoms with E-state index < -0.39 is 5.92 Å². The van der Waals surface area contributed by atoms with Gasteiger partial charge in [-0.05, 0) is 35.4 Å². The minimum absolute atomic E-state index is 0.0180. The van der Waals surface area contributed by atoms with Gasteiger partial charge in [-0.2, -0.15) is 0 Å². The minimum atomic E-state index is -0.485. The Morgan fingerprint density at radius 2 is 2.00 bits per heavy atom. The van der Waals surface area contributed by atoms with Gasteiger partial charge in [-0.25, -0.2) is 10.0 Å². The Morgan fingerprint density at radius 1 is 1.24 bits per heavy atom. The van der Waals surface area contributed by atoms with E-state index in [1.165, 1.54) is 0 Å². The minimum Gasteiger partial charge on any atom is -0.454 e. The van der Waals surface area contributed by atoms with E-state index >= 15 is 0 Å². The maximum Gasteiger partial charge on any atom is 0.233 e. The molecule has 1 aliphatic carbocycles. The van der Waals surface area contributed by atoms with Crippen LogP contribution >= 0.6 is 0 Å². The number of hydrogen-bond acceptors (Lipinski definition) is 7. The lowest BCUT2D eigenvalue weighted by Crippen LogP contribution is -2.43. The molecule has 0 bridgehead atoms. The average Bonchev–Trinajstić information content (AvgIpc) is 3.63. The lowest BCUT2D eigenvalue weighted by molar-refractivity contribution is -0.155. The van der Waals surface area contributed by atoms with Gasteiger partial charge in [0, 0.05) is 25.0 Å². The van der Waals surface area contributed by atoms with Crippen molar-refractivity contribution >= 4 is 12.3 Å². The van der Waals surface area contributed by atoms with Crippen LogP contribution in [-0.2, 0) is 22.7 Å². The fourth-order valence-electron chi connectivity index (χ4n) is 5.14. The van der Waals surface area contributed by atoms with Crippen molar-refractivity contribution in [1.29, 1.82) is 0 Å². The van der Waals surface area contributed by atoms with E-state index in [0.29, 0.717) is 42.7 Å². The van der Waals surface area contributed by atoms with E-state index in [9.17, 15) is 14.8 Å². The highest BCUT2D eigenvalue weighted by atomic mass is 16.7. The second-order valence-electron chi connectivity index (χ2n) is 11.2. The van der Waals surface area contributed by atoms with Crippen molar-refractivity contribution in [2.75, 3.05) is 13.3 Å². The van der Waals surface area contributed by atoms with Gasteiger partial charge < -0.3 is 25.1 Å². The molecule has 2 amide bonds. The van der Waals surface area contributed by atoms with E-state index in [-0.39, 0.29) is 30.7 Å². The lowest BCUT2D eigenvalue weighted by Gasteiger charge is -2.32.